The SMILES string of the molecule is CC(C)CC(=O)Nc1ccc(Cl)c(C(=O)N2CCCC(C(C)N)C2)c1. The van der Waals surface area contributed by atoms with E-state index in [9.17, 15) is 9.59 Å². The lowest BCUT2D eigenvalue weighted by molar-refractivity contribution is -0.116. The van der Waals surface area contributed by atoms with Crippen LogP contribution < -0.4 is 11.1 Å². The zero-order chi connectivity index (χ0) is 18.6. The van der Waals surface area contributed by atoms with E-state index in [0.29, 0.717) is 41.7 Å². The van der Waals surface area contributed by atoms with Gasteiger partial charge in [0.15, 0.2) is 0 Å². The number of nitrogens with zero attached hydrogens (tertiary/aromatic N) is 1. The Hall–Kier alpha value is -1.59. The number of carbonyl (C=O) groups excluding carboxylic acids is 2. The summed E-state index contributed by atoms with van der Waals surface area (Å²) in [4.78, 5) is 26.7. The fraction of sp³-hybridized carbons (Fsp3) is 0.579. The Labute approximate surface area is 154 Å². The van der Waals surface area contributed by atoms with Gasteiger partial charge in [-0.3, -0.25) is 9.59 Å². The number of amides is 2. The van der Waals surface area contributed by atoms with Crippen LogP contribution in [0.1, 0.15) is 50.4 Å². The molecule has 2 rings (SSSR count). The van der Waals surface area contributed by atoms with Crippen molar-refractivity contribution in [2.75, 3.05) is 18.4 Å². The minimum absolute atomic E-state index is 0.0627. The van der Waals surface area contributed by atoms with Crippen molar-refractivity contribution in [1.82, 2.24) is 4.90 Å². The van der Waals surface area contributed by atoms with Gasteiger partial charge in [0, 0.05) is 31.2 Å². The molecule has 138 valence electrons. The summed E-state index contributed by atoms with van der Waals surface area (Å²) in [6, 6.07) is 5.11. The average molecular weight is 366 g/mol. The van der Waals surface area contributed by atoms with E-state index in [0.717, 1.165) is 12.8 Å². The van der Waals surface area contributed by atoms with E-state index in [1.807, 2.05) is 25.7 Å². The molecule has 25 heavy (non-hydrogen) atoms. The van der Waals surface area contributed by atoms with Gasteiger partial charge in [0.05, 0.1) is 10.6 Å². The highest BCUT2D eigenvalue weighted by Gasteiger charge is 2.27. The molecule has 1 fully saturated rings. The maximum atomic E-state index is 12.9. The van der Waals surface area contributed by atoms with Gasteiger partial charge >= 0.3 is 0 Å². The summed E-state index contributed by atoms with van der Waals surface area (Å²) >= 11 is 6.25. The third kappa shape index (κ3) is 5.44. The number of nitrogens with two attached hydrogens (primary N) is 1. The van der Waals surface area contributed by atoms with Crippen LogP contribution in [-0.4, -0.2) is 35.8 Å². The Balaban J connectivity index is 2.13. The molecule has 0 aliphatic carbocycles. The largest absolute Gasteiger partial charge is 0.338 e. The normalized spacial score (nSPS) is 19.0. The molecule has 2 amide bonds. The number of anilines is 1. The van der Waals surface area contributed by atoms with Gasteiger partial charge < -0.3 is 16.0 Å². The van der Waals surface area contributed by atoms with Gasteiger partial charge in [0.1, 0.15) is 0 Å². The maximum Gasteiger partial charge on any atom is 0.255 e. The van der Waals surface area contributed by atoms with Crippen molar-refractivity contribution < 1.29 is 9.59 Å². The number of nitrogens with one attached hydrogen (secondary N) is 1. The van der Waals surface area contributed by atoms with Crippen molar-refractivity contribution in [1.29, 1.82) is 0 Å². The first-order valence-electron chi connectivity index (χ1n) is 8.92. The number of rotatable bonds is 5. The molecule has 6 heteroatoms. The van der Waals surface area contributed by atoms with Crippen molar-refractivity contribution in [3.63, 3.8) is 0 Å². The van der Waals surface area contributed by atoms with Gasteiger partial charge in [0.2, 0.25) is 5.91 Å². The highest BCUT2D eigenvalue weighted by molar-refractivity contribution is 6.34. The monoisotopic (exact) mass is 365 g/mol. The number of piperidine rings is 1. The smallest absolute Gasteiger partial charge is 0.255 e. The van der Waals surface area contributed by atoms with Gasteiger partial charge in [-0.1, -0.05) is 25.4 Å². The second kappa shape index (κ2) is 8.68. The number of carbonyl (C=O) groups is 2. The lowest BCUT2D eigenvalue weighted by Crippen LogP contribution is -2.45. The number of hydrogen-bond acceptors (Lipinski definition) is 3. The molecule has 1 aliphatic rings. The summed E-state index contributed by atoms with van der Waals surface area (Å²) in [5.74, 6) is 0.420. The van der Waals surface area contributed by atoms with E-state index in [1.165, 1.54) is 0 Å². The predicted molar refractivity (Wildman–Crippen MR) is 102 cm³/mol. The molecule has 0 saturated carbocycles. The van der Waals surface area contributed by atoms with E-state index in [4.69, 9.17) is 17.3 Å². The van der Waals surface area contributed by atoms with E-state index < -0.39 is 0 Å². The number of benzene rings is 1. The molecule has 5 nitrogen and oxygen atoms in total. The zero-order valence-corrected chi connectivity index (χ0v) is 16.0. The van der Waals surface area contributed by atoms with Gasteiger partial charge in [-0.05, 0) is 49.8 Å². The summed E-state index contributed by atoms with van der Waals surface area (Å²) in [5, 5.41) is 3.24. The first-order valence-corrected chi connectivity index (χ1v) is 9.30. The van der Waals surface area contributed by atoms with Gasteiger partial charge in [-0.2, -0.15) is 0 Å². The fourth-order valence-electron chi connectivity index (χ4n) is 3.14. The molecule has 0 radical (unpaired) electrons. The number of halogens is 1. The first kappa shape index (κ1) is 19.7. The van der Waals surface area contributed by atoms with Crippen molar-refractivity contribution in [3.8, 4) is 0 Å². The Kier molecular flexibility index (Phi) is 6.85. The maximum absolute atomic E-state index is 12.9. The van der Waals surface area contributed by atoms with Crippen LogP contribution in [0.15, 0.2) is 18.2 Å². The molecule has 0 bridgehead atoms. The molecule has 0 aromatic heterocycles. The number of hydrogen-bond donors (Lipinski definition) is 2. The van der Waals surface area contributed by atoms with Crippen molar-refractivity contribution in [2.24, 2.45) is 17.6 Å². The lowest BCUT2D eigenvalue weighted by Gasteiger charge is -2.34. The minimum Gasteiger partial charge on any atom is -0.338 e. The third-order valence-electron chi connectivity index (χ3n) is 4.56. The van der Waals surface area contributed by atoms with E-state index in [1.54, 1.807) is 18.2 Å². The summed E-state index contributed by atoms with van der Waals surface area (Å²) in [6.45, 7) is 7.32. The van der Waals surface area contributed by atoms with E-state index >= 15 is 0 Å². The van der Waals surface area contributed by atoms with Gasteiger partial charge in [0.25, 0.3) is 5.91 Å². The van der Waals surface area contributed by atoms with Gasteiger partial charge in [-0.15, -0.1) is 0 Å². The quantitative estimate of drug-likeness (QED) is 0.838. The van der Waals surface area contributed by atoms with Crippen LogP contribution in [0.2, 0.25) is 5.02 Å². The van der Waals surface area contributed by atoms with Crippen LogP contribution in [0.3, 0.4) is 0 Å². The van der Waals surface area contributed by atoms with Crippen LogP contribution in [0.4, 0.5) is 5.69 Å². The average Bonchev–Trinajstić information content (AvgIpc) is 2.55. The molecular weight excluding hydrogens is 338 g/mol. The van der Waals surface area contributed by atoms with Crippen LogP contribution in [0.5, 0.6) is 0 Å². The summed E-state index contributed by atoms with van der Waals surface area (Å²) < 4.78 is 0. The van der Waals surface area contributed by atoms with Crippen molar-refractivity contribution in [3.05, 3.63) is 28.8 Å². The molecule has 1 saturated heterocycles. The molecule has 2 unspecified atom stereocenters. The molecular formula is C19H28ClN3O2. The summed E-state index contributed by atoms with van der Waals surface area (Å²) in [7, 11) is 0. The third-order valence-corrected chi connectivity index (χ3v) is 4.89. The fourth-order valence-corrected chi connectivity index (χ4v) is 3.34. The summed E-state index contributed by atoms with van der Waals surface area (Å²) in [5.41, 5.74) is 7.03. The Morgan fingerprint density at radius 2 is 2.08 bits per heavy atom. The Bertz CT molecular complexity index is 631. The van der Waals surface area contributed by atoms with Crippen LogP contribution >= 0.6 is 11.6 Å². The molecule has 1 heterocycles. The summed E-state index contributed by atoms with van der Waals surface area (Å²) in [6.07, 6.45) is 2.43. The van der Waals surface area contributed by atoms with E-state index in [-0.39, 0.29) is 23.8 Å². The Morgan fingerprint density at radius 1 is 1.36 bits per heavy atom. The molecule has 3 N–H and O–H groups in total. The van der Waals surface area contributed by atoms with Crippen LogP contribution in [0.25, 0.3) is 0 Å². The molecule has 0 spiro atoms. The molecule has 1 aromatic rings. The highest BCUT2D eigenvalue weighted by Crippen LogP contribution is 2.26. The highest BCUT2D eigenvalue weighted by atomic mass is 35.5. The minimum atomic E-state index is -0.102. The van der Waals surface area contributed by atoms with Crippen LogP contribution in [0, 0.1) is 11.8 Å². The Morgan fingerprint density at radius 3 is 2.72 bits per heavy atom. The topological polar surface area (TPSA) is 75.4 Å². The van der Waals surface area contributed by atoms with Crippen molar-refractivity contribution in [2.45, 2.75) is 46.1 Å². The molecule has 1 aromatic carbocycles. The standard InChI is InChI=1S/C19H28ClN3O2/c1-12(2)9-18(24)22-15-6-7-17(20)16(10-15)19(25)23-8-4-5-14(11-23)13(3)21/h6-7,10,12-14H,4-5,8-9,11,21H2,1-3H3,(H,22,24). The zero-order valence-electron chi connectivity index (χ0n) is 15.2. The van der Waals surface area contributed by atoms with E-state index in [2.05, 4.69) is 5.32 Å². The van der Waals surface area contributed by atoms with Crippen molar-refractivity contribution >= 4 is 29.1 Å². The van der Waals surface area contributed by atoms with Gasteiger partial charge in [-0.25, -0.2) is 0 Å². The second-order valence-corrected chi connectivity index (χ2v) is 7.76. The van der Waals surface area contributed by atoms with Crippen LogP contribution in [-0.2, 0) is 4.79 Å². The lowest BCUT2D eigenvalue weighted by atomic mass is 9.92. The predicted octanol–water partition coefficient (Wildman–Crippen LogP) is 3.52. The molecule has 1 aliphatic heterocycles. The molecule has 2 atom stereocenters. The first-order chi connectivity index (χ1) is 11.8. The number of likely N-dealkylation sites (tertiary alicyclic amines) is 1. The second-order valence-electron chi connectivity index (χ2n) is 7.35.